The Morgan fingerprint density at radius 2 is 1.96 bits per heavy atom. The van der Waals surface area contributed by atoms with Gasteiger partial charge in [-0.05, 0) is 31.4 Å². The molecule has 0 radical (unpaired) electrons. The number of aryl methyl sites for hydroxylation is 3. The minimum absolute atomic E-state index is 0.176. The molecule has 3 aromatic rings. The molecule has 1 aromatic carbocycles. The van der Waals surface area contributed by atoms with Crippen molar-refractivity contribution in [1.29, 1.82) is 0 Å². The highest BCUT2D eigenvalue weighted by molar-refractivity contribution is 5.46. The highest BCUT2D eigenvalue weighted by Gasteiger charge is 2.04. The van der Waals surface area contributed by atoms with Crippen molar-refractivity contribution in [2.75, 3.05) is 0 Å². The van der Waals surface area contributed by atoms with Crippen LogP contribution in [0.1, 0.15) is 22.5 Å². The summed E-state index contributed by atoms with van der Waals surface area (Å²) in [6.45, 7) is 4.09. The van der Waals surface area contributed by atoms with Crippen molar-refractivity contribution in [3.63, 3.8) is 0 Å². The van der Waals surface area contributed by atoms with E-state index in [1.54, 1.807) is 30.2 Å². The second-order valence-electron chi connectivity index (χ2n) is 5.36. The van der Waals surface area contributed by atoms with E-state index in [0.29, 0.717) is 11.5 Å². The molecule has 0 spiro atoms. The summed E-state index contributed by atoms with van der Waals surface area (Å²) in [4.78, 5) is 16.0. The van der Waals surface area contributed by atoms with Gasteiger partial charge < -0.3 is 0 Å². The van der Waals surface area contributed by atoms with Crippen LogP contribution in [-0.2, 0) is 7.05 Å². The first-order chi connectivity index (χ1) is 11.0. The summed E-state index contributed by atoms with van der Waals surface area (Å²) in [6.07, 6.45) is 5.04. The smallest absolute Gasteiger partial charge is 0.268 e. The molecule has 23 heavy (non-hydrogen) atoms. The fourth-order valence-corrected chi connectivity index (χ4v) is 2.27. The van der Waals surface area contributed by atoms with E-state index in [1.807, 2.05) is 19.1 Å². The number of aromatic nitrogens is 4. The van der Waals surface area contributed by atoms with Gasteiger partial charge in [-0.3, -0.25) is 9.36 Å². The van der Waals surface area contributed by atoms with Crippen LogP contribution in [0.5, 0.6) is 0 Å². The predicted octanol–water partition coefficient (Wildman–Crippen LogP) is 1.98. The summed E-state index contributed by atoms with van der Waals surface area (Å²) in [5, 5.41) is 4.03. The number of hydrogen-bond donors (Lipinski definition) is 0. The largest absolute Gasteiger partial charge is 0.291 e. The van der Waals surface area contributed by atoms with E-state index >= 15 is 0 Å². The van der Waals surface area contributed by atoms with Gasteiger partial charge in [0.2, 0.25) is 0 Å². The molecular formula is C18H16N4O. The Labute approximate surface area is 134 Å². The Morgan fingerprint density at radius 3 is 2.70 bits per heavy atom. The van der Waals surface area contributed by atoms with Gasteiger partial charge in [0.1, 0.15) is 0 Å². The van der Waals surface area contributed by atoms with Crippen molar-refractivity contribution in [3.05, 3.63) is 75.7 Å². The minimum atomic E-state index is -0.176. The molecule has 0 aliphatic heterocycles. The van der Waals surface area contributed by atoms with Gasteiger partial charge >= 0.3 is 0 Å². The van der Waals surface area contributed by atoms with Crippen LogP contribution in [0.15, 0.2) is 47.7 Å². The molecule has 0 amide bonds. The van der Waals surface area contributed by atoms with E-state index in [0.717, 1.165) is 11.1 Å². The van der Waals surface area contributed by atoms with Crippen molar-refractivity contribution in [1.82, 2.24) is 19.3 Å². The number of hydrogen-bond acceptors (Lipinski definition) is 3. The number of benzene rings is 1. The summed E-state index contributed by atoms with van der Waals surface area (Å²) < 4.78 is 3.03. The fourth-order valence-electron chi connectivity index (χ4n) is 2.27. The Kier molecular flexibility index (Phi) is 3.82. The molecule has 0 bridgehead atoms. The molecule has 2 heterocycles. The first kappa shape index (κ1) is 14.8. The second-order valence-corrected chi connectivity index (χ2v) is 5.36. The Morgan fingerprint density at radius 1 is 1.13 bits per heavy atom. The van der Waals surface area contributed by atoms with Crippen LogP contribution in [0.4, 0.5) is 0 Å². The molecule has 114 valence electrons. The maximum Gasteiger partial charge on any atom is 0.268 e. The standard InChI is InChI=1S/C18H16N4O/c1-13-4-5-15(14(2)10-13)6-7-17-19-8-9-22(17)16-11-18(23)21(3)20-12-16/h4-5,8-12H,1-3H3. The first-order valence-corrected chi connectivity index (χ1v) is 7.21. The molecule has 0 unspecified atom stereocenters. The fraction of sp³-hybridized carbons (Fsp3) is 0.167. The Balaban J connectivity index is 2.01. The SMILES string of the molecule is Cc1ccc(C#Cc2nccn2-c2cnn(C)c(=O)c2)c(C)c1. The lowest BCUT2D eigenvalue weighted by molar-refractivity contribution is 0.701. The van der Waals surface area contributed by atoms with Gasteiger partial charge in [-0.15, -0.1) is 0 Å². The third kappa shape index (κ3) is 3.06. The zero-order valence-corrected chi connectivity index (χ0v) is 13.2. The highest BCUT2D eigenvalue weighted by atomic mass is 16.1. The third-order valence-electron chi connectivity index (χ3n) is 3.56. The normalized spacial score (nSPS) is 10.2. The quantitative estimate of drug-likeness (QED) is 0.646. The Hall–Kier alpha value is -3.13. The van der Waals surface area contributed by atoms with Crippen LogP contribution < -0.4 is 5.56 Å². The second kappa shape index (κ2) is 5.93. The zero-order valence-electron chi connectivity index (χ0n) is 13.2. The van der Waals surface area contributed by atoms with Gasteiger partial charge in [0.15, 0.2) is 5.82 Å². The molecule has 3 rings (SSSR count). The average molecular weight is 304 g/mol. The van der Waals surface area contributed by atoms with Crippen molar-refractivity contribution >= 4 is 0 Å². The lowest BCUT2D eigenvalue weighted by Crippen LogP contribution is -2.19. The predicted molar refractivity (Wildman–Crippen MR) is 88.5 cm³/mol. The van der Waals surface area contributed by atoms with Crippen LogP contribution in [0.25, 0.3) is 5.69 Å². The minimum Gasteiger partial charge on any atom is -0.291 e. The van der Waals surface area contributed by atoms with E-state index < -0.39 is 0 Å². The van der Waals surface area contributed by atoms with Crippen LogP contribution in [0, 0.1) is 25.7 Å². The molecule has 0 N–H and O–H groups in total. The molecule has 5 nitrogen and oxygen atoms in total. The molecule has 0 saturated carbocycles. The van der Waals surface area contributed by atoms with Gasteiger partial charge in [-0.25, -0.2) is 9.67 Å². The van der Waals surface area contributed by atoms with Crippen molar-refractivity contribution in [2.45, 2.75) is 13.8 Å². The molecular weight excluding hydrogens is 288 g/mol. The molecule has 0 aliphatic carbocycles. The van der Waals surface area contributed by atoms with E-state index in [4.69, 9.17) is 0 Å². The van der Waals surface area contributed by atoms with Crippen LogP contribution in [-0.4, -0.2) is 19.3 Å². The topological polar surface area (TPSA) is 52.7 Å². The lowest BCUT2D eigenvalue weighted by atomic mass is 10.1. The number of rotatable bonds is 1. The summed E-state index contributed by atoms with van der Waals surface area (Å²) in [6, 6.07) is 7.65. The molecule has 2 aromatic heterocycles. The van der Waals surface area contributed by atoms with Crippen molar-refractivity contribution in [2.24, 2.45) is 7.05 Å². The average Bonchev–Trinajstić information content (AvgIpc) is 2.98. The molecule has 0 aliphatic rings. The van der Waals surface area contributed by atoms with Gasteiger partial charge in [0.05, 0.1) is 11.9 Å². The maximum absolute atomic E-state index is 11.7. The van der Waals surface area contributed by atoms with Gasteiger partial charge in [0.25, 0.3) is 5.56 Å². The van der Waals surface area contributed by atoms with E-state index in [9.17, 15) is 4.79 Å². The van der Waals surface area contributed by atoms with Crippen LogP contribution in [0.2, 0.25) is 0 Å². The first-order valence-electron chi connectivity index (χ1n) is 7.21. The molecule has 0 saturated heterocycles. The Bertz CT molecular complexity index is 986. The highest BCUT2D eigenvalue weighted by Crippen LogP contribution is 2.10. The number of nitrogens with zero attached hydrogens (tertiary/aromatic N) is 4. The van der Waals surface area contributed by atoms with Crippen LogP contribution in [0.3, 0.4) is 0 Å². The molecule has 5 heteroatoms. The third-order valence-corrected chi connectivity index (χ3v) is 3.56. The van der Waals surface area contributed by atoms with Crippen molar-refractivity contribution < 1.29 is 0 Å². The summed E-state index contributed by atoms with van der Waals surface area (Å²) in [5.74, 6) is 6.78. The maximum atomic E-state index is 11.7. The van der Waals surface area contributed by atoms with E-state index in [1.165, 1.54) is 16.3 Å². The molecule has 0 atom stereocenters. The van der Waals surface area contributed by atoms with E-state index in [-0.39, 0.29) is 5.56 Å². The van der Waals surface area contributed by atoms with Gasteiger partial charge in [0, 0.05) is 31.1 Å². The van der Waals surface area contributed by atoms with Crippen molar-refractivity contribution in [3.8, 4) is 17.5 Å². The zero-order chi connectivity index (χ0) is 16.4. The summed E-state index contributed by atoms with van der Waals surface area (Å²) in [7, 11) is 1.61. The van der Waals surface area contributed by atoms with Crippen LogP contribution >= 0.6 is 0 Å². The molecule has 0 fully saturated rings. The van der Waals surface area contributed by atoms with E-state index in [2.05, 4.69) is 34.9 Å². The van der Waals surface area contributed by atoms with Gasteiger partial charge in [-0.2, -0.15) is 5.10 Å². The summed E-state index contributed by atoms with van der Waals surface area (Å²) in [5.41, 5.74) is 3.78. The summed E-state index contributed by atoms with van der Waals surface area (Å²) >= 11 is 0. The number of imidazole rings is 1. The van der Waals surface area contributed by atoms with Gasteiger partial charge in [-0.1, -0.05) is 23.6 Å². The monoisotopic (exact) mass is 304 g/mol. The lowest BCUT2D eigenvalue weighted by Gasteiger charge is -2.04.